The summed E-state index contributed by atoms with van der Waals surface area (Å²) >= 11 is 1.76. The lowest BCUT2D eigenvalue weighted by atomic mass is 9.84. The van der Waals surface area contributed by atoms with Crippen LogP contribution in [-0.2, 0) is 0 Å². The molecule has 4 rings (SSSR count). The van der Waals surface area contributed by atoms with Crippen molar-refractivity contribution in [2.45, 2.75) is 58.8 Å². The van der Waals surface area contributed by atoms with Crippen LogP contribution < -0.4 is 10.2 Å². The minimum atomic E-state index is -0.263. The molecule has 174 valence electrons. The van der Waals surface area contributed by atoms with Crippen molar-refractivity contribution < 1.29 is 9.90 Å². The van der Waals surface area contributed by atoms with Crippen LogP contribution in [0.1, 0.15) is 74.7 Å². The third-order valence-corrected chi connectivity index (χ3v) is 7.38. The number of thioether (sulfide) groups is 1. The van der Waals surface area contributed by atoms with E-state index in [1.54, 1.807) is 30.0 Å². The molecular weight excluding hydrogens is 428 g/mol. The second-order valence-electron chi connectivity index (χ2n) is 9.81. The maximum atomic E-state index is 12.5. The highest BCUT2D eigenvalue weighted by molar-refractivity contribution is 8.07. The molecule has 4 nitrogen and oxygen atoms in total. The maximum Gasteiger partial charge on any atom is 0.255 e. The Balaban J connectivity index is 1.45. The first-order chi connectivity index (χ1) is 15.8. The van der Waals surface area contributed by atoms with Crippen molar-refractivity contribution in [2.24, 2.45) is 5.41 Å². The van der Waals surface area contributed by atoms with Crippen molar-refractivity contribution in [1.82, 2.24) is 5.32 Å². The molecule has 0 unspecified atom stereocenters. The standard InChI is InChI=1S/C28H34N2O2S/c1-20-18-30(23-15-13-22(14-16-23)21-9-5-4-6-10-21)26(33-20)17-28(2,3)19-29-27(32)24-11-7-8-12-25(24)31/h7-8,11-18,21,31H,4-6,9-10,19H2,1-3H3,(H,29,32). The fourth-order valence-electron chi connectivity index (χ4n) is 4.58. The Hall–Kier alpha value is -2.66. The zero-order valence-corrected chi connectivity index (χ0v) is 20.6. The summed E-state index contributed by atoms with van der Waals surface area (Å²) in [7, 11) is 0. The number of rotatable bonds is 6. The van der Waals surface area contributed by atoms with Crippen molar-refractivity contribution >= 4 is 23.4 Å². The third-order valence-electron chi connectivity index (χ3n) is 6.43. The molecule has 1 aliphatic heterocycles. The third kappa shape index (κ3) is 5.83. The quantitative estimate of drug-likeness (QED) is 0.478. The second kappa shape index (κ2) is 10.1. The van der Waals surface area contributed by atoms with Crippen LogP contribution in [0.4, 0.5) is 5.69 Å². The number of allylic oxidation sites excluding steroid dienone is 1. The van der Waals surface area contributed by atoms with Crippen LogP contribution in [-0.4, -0.2) is 17.6 Å². The molecule has 5 heteroatoms. The first-order valence-corrected chi connectivity index (χ1v) is 12.7. The predicted molar refractivity (Wildman–Crippen MR) is 138 cm³/mol. The molecule has 33 heavy (non-hydrogen) atoms. The fourth-order valence-corrected chi connectivity index (χ4v) is 5.71. The minimum Gasteiger partial charge on any atom is -0.507 e. The van der Waals surface area contributed by atoms with Gasteiger partial charge in [-0.2, -0.15) is 0 Å². The van der Waals surface area contributed by atoms with Crippen molar-refractivity contribution in [3.63, 3.8) is 0 Å². The molecule has 2 aliphatic rings. The summed E-state index contributed by atoms with van der Waals surface area (Å²) in [5, 5.41) is 14.1. The molecule has 1 fully saturated rings. The number of aromatic hydroxyl groups is 1. The molecule has 1 aliphatic carbocycles. The van der Waals surface area contributed by atoms with Crippen LogP contribution >= 0.6 is 11.8 Å². The highest BCUT2D eigenvalue weighted by atomic mass is 32.2. The summed E-state index contributed by atoms with van der Waals surface area (Å²) in [6.07, 6.45) is 11.1. The second-order valence-corrected chi connectivity index (χ2v) is 11.1. The van der Waals surface area contributed by atoms with E-state index in [0.29, 0.717) is 18.0 Å². The van der Waals surface area contributed by atoms with Crippen molar-refractivity contribution in [1.29, 1.82) is 0 Å². The van der Waals surface area contributed by atoms with Crippen molar-refractivity contribution in [3.05, 3.63) is 81.9 Å². The van der Waals surface area contributed by atoms with Gasteiger partial charge in [0, 0.05) is 28.8 Å². The van der Waals surface area contributed by atoms with Gasteiger partial charge in [-0.25, -0.2) is 0 Å². The van der Waals surface area contributed by atoms with E-state index in [4.69, 9.17) is 0 Å². The minimum absolute atomic E-state index is 0.000169. The first kappa shape index (κ1) is 23.5. The largest absolute Gasteiger partial charge is 0.507 e. The lowest BCUT2D eigenvalue weighted by Crippen LogP contribution is -2.33. The monoisotopic (exact) mass is 462 g/mol. The summed E-state index contributed by atoms with van der Waals surface area (Å²) in [6.45, 7) is 6.83. The number of carbonyl (C=O) groups excluding carboxylic acids is 1. The van der Waals surface area contributed by atoms with Crippen LogP contribution in [0.3, 0.4) is 0 Å². The Bertz CT molecular complexity index is 1050. The highest BCUT2D eigenvalue weighted by Gasteiger charge is 2.25. The number of benzene rings is 2. The van der Waals surface area contributed by atoms with E-state index in [1.807, 2.05) is 0 Å². The van der Waals surface area contributed by atoms with Gasteiger partial charge in [0.25, 0.3) is 5.91 Å². The van der Waals surface area contributed by atoms with Crippen LogP contribution in [0.5, 0.6) is 5.75 Å². The predicted octanol–water partition coefficient (Wildman–Crippen LogP) is 7.15. The molecule has 0 aromatic heterocycles. The number of amides is 1. The van der Waals surface area contributed by atoms with Gasteiger partial charge in [-0.3, -0.25) is 4.79 Å². The van der Waals surface area contributed by atoms with E-state index >= 15 is 0 Å². The summed E-state index contributed by atoms with van der Waals surface area (Å²) in [5.74, 6) is 0.447. The number of nitrogens with one attached hydrogen (secondary N) is 1. The van der Waals surface area contributed by atoms with Crippen molar-refractivity contribution in [3.8, 4) is 5.75 Å². The number of para-hydroxylation sites is 1. The summed E-state index contributed by atoms with van der Waals surface area (Å²) < 4.78 is 0. The molecular formula is C28H34N2O2S. The van der Waals surface area contributed by atoms with Crippen LogP contribution in [0.15, 0.2) is 70.7 Å². The molecule has 2 N–H and O–H groups in total. The number of phenolic OH excluding ortho intramolecular Hbond substituents is 1. The number of nitrogens with zero attached hydrogens (tertiary/aromatic N) is 1. The number of phenols is 1. The SMILES string of the molecule is CC1=CN(c2ccc(C3CCCCC3)cc2)C(=CC(C)(C)CNC(=O)c2ccccc2O)S1. The van der Waals surface area contributed by atoms with Gasteiger partial charge in [-0.05, 0) is 61.6 Å². The van der Waals surface area contributed by atoms with E-state index in [2.05, 4.69) is 67.5 Å². The van der Waals surface area contributed by atoms with Crippen molar-refractivity contribution in [2.75, 3.05) is 11.4 Å². The van der Waals surface area contributed by atoms with E-state index in [1.165, 1.54) is 54.3 Å². The van der Waals surface area contributed by atoms with Gasteiger partial charge in [-0.1, -0.05) is 69.1 Å². The topological polar surface area (TPSA) is 52.6 Å². The van der Waals surface area contributed by atoms with Gasteiger partial charge in [0.2, 0.25) is 0 Å². The van der Waals surface area contributed by atoms with Crippen LogP contribution in [0.2, 0.25) is 0 Å². The van der Waals surface area contributed by atoms with Gasteiger partial charge >= 0.3 is 0 Å². The molecule has 2 aromatic rings. The van der Waals surface area contributed by atoms with Gasteiger partial charge in [0.15, 0.2) is 0 Å². The Morgan fingerprint density at radius 2 is 1.82 bits per heavy atom. The number of anilines is 1. The first-order valence-electron chi connectivity index (χ1n) is 11.9. The average molecular weight is 463 g/mol. The summed E-state index contributed by atoms with van der Waals surface area (Å²) in [5.41, 5.74) is 2.66. The zero-order chi connectivity index (χ0) is 23.4. The molecule has 0 radical (unpaired) electrons. The van der Waals surface area contributed by atoms with Crippen LogP contribution in [0.25, 0.3) is 0 Å². The zero-order valence-electron chi connectivity index (χ0n) is 19.8. The smallest absolute Gasteiger partial charge is 0.255 e. The van der Waals surface area contributed by atoms with Crippen LogP contribution in [0, 0.1) is 5.41 Å². The van der Waals surface area contributed by atoms with E-state index in [9.17, 15) is 9.90 Å². The summed E-state index contributed by atoms with van der Waals surface area (Å²) in [4.78, 5) is 16.0. The Kier molecular flexibility index (Phi) is 7.18. The van der Waals surface area contributed by atoms with Gasteiger partial charge in [-0.15, -0.1) is 0 Å². The molecule has 2 aromatic carbocycles. The molecule has 1 amide bonds. The molecule has 0 bridgehead atoms. The van der Waals surface area contributed by atoms with E-state index in [-0.39, 0.29) is 17.1 Å². The molecule has 1 heterocycles. The molecule has 0 saturated heterocycles. The number of hydrogen-bond donors (Lipinski definition) is 2. The van der Waals surface area contributed by atoms with E-state index < -0.39 is 0 Å². The lowest BCUT2D eigenvalue weighted by Gasteiger charge is -2.26. The molecule has 1 saturated carbocycles. The maximum absolute atomic E-state index is 12.5. The number of carbonyl (C=O) groups is 1. The summed E-state index contributed by atoms with van der Waals surface area (Å²) in [6, 6.07) is 15.7. The Labute approximate surface area is 201 Å². The fraction of sp³-hybridized carbons (Fsp3) is 0.393. The lowest BCUT2D eigenvalue weighted by molar-refractivity contribution is 0.0940. The number of hydrogen-bond acceptors (Lipinski definition) is 4. The average Bonchev–Trinajstić information content (AvgIpc) is 3.17. The van der Waals surface area contributed by atoms with E-state index in [0.717, 1.165) is 5.03 Å². The Morgan fingerprint density at radius 3 is 2.52 bits per heavy atom. The van der Waals surface area contributed by atoms with Gasteiger partial charge in [0.1, 0.15) is 5.75 Å². The van der Waals surface area contributed by atoms with Gasteiger partial charge in [0.05, 0.1) is 10.6 Å². The van der Waals surface area contributed by atoms with Gasteiger partial charge < -0.3 is 15.3 Å². The highest BCUT2D eigenvalue weighted by Crippen LogP contribution is 2.42. The normalized spacial score (nSPS) is 18.5. The molecule has 0 atom stereocenters. The Morgan fingerprint density at radius 1 is 1.12 bits per heavy atom. The molecule has 0 spiro atoms.